The topological polar surface area (TPSA) is 52.4 Å². The molecule has 1 aromatic rings. The molecule has 1 aromatic carbocycles. The van der Waals surface area contributed by atoms with Gasteiger partial charge in [0, 0.05) is 23.3 Å². The standard InChI is InChI=1S/C15H17ClFNO3/c16-13-9-14(15(13)6-2-1-3-7-15)21-12-5-4-10(18(19)20)8-11(12)17/h4-5,8,13-14H,1-3,6-7,9H2. The maximum atomic E-state index is 13.9. The van der Waals surface area contributed by atoms with E-state index in [1.54, 1.807) is 0 Å². The molecule has 2 saturated carbocycles. The van der Waals surface area contributed by atoms with Gasteiger partial charge in [-0.2, -0.15) is 0 Å². The minimum Gasteiger partial charge on any atom is -0.487 e. The molecule has 0 radical (unpaired) electrons. The van der Waals surface area contributed by atoms with Crippen molar-refractivity contribution in [3.63, 3.8) is 0 Å². The first-order chi connectivity index (χ1) is 10.0. The fourth-order valence-electron chi connectivity index (χ4n) is 3.56. The quantitative estimate of drug-likeness (QED) is 0.471. The zero-order chi connectivity index (χ0) is 15.0. The third-order valence-electron chi connectivity index (χ3n) is 4.87. The molecule has 3 rings (SSSR count). The summed E-state index contributed by atoms with van der Waals surface area (Å²) in [5.74, 6) is -0.604. The van der Waals surface area contributed by atoms with Crippen LogP contribution in [0.15, 0.2) is 18.2 Å². The van der Waals surface area contributed by atoms with Crippen molar-refractivity contribution in [2.45, 2.75) is 50.0 Å². The maximum Gasteiger partial charge on any atom is 0.272 e. The first-order valence-electron chi connectivity index (χ1n) is 7.27. The number of nitrogens with zero attached hydrogens (tertiary/aromatic N) is 1. The number of benzene rings is 1. The van der Waals surface area contributed by atoms with Crippen molar-refractivity contribution in [1.82, 2.24) is 0 Å². The minimum absolute atomic E-state index is 0.0476. The predicted octanol–water partition coefficient (Wildman–Crippen LogP) is 4.44. The smallest absolute Gasteiger partial charge is 0.272 e. The highest BCUT2D eigenvalue weighted by Crippen LogP contribution is 2.55. The lowest BCUT2D eigenvalue weighted by atomic mass is 9.58. The van der Waals surface area contributed by atoms with E-state index in [9.17, 15) is 14.5 Å². The third-order valence-corrected chi connectivity index (χ3v) is 5.48. The van der Waals surface area contributed by atoms with Gasteiger partial charge >= 0.3 is 0 Å². The van der Waals surface area contributed by atoms with E-state index in [0.717, 1.165) is 31.7 Å². The largest absolute Gasteiger partial charge is 0.487 e. The van der Waals surface area contributed by atoms with Crippen molar-refractivity contribution in [3.05, 3.63) is 34.1 Å². The Morgan fingerprint density at radius 2 is 2.05 bits per heavy atom. The number of ether oxygens (including phenoxy) is 1. The molecule has 1 spiro atoms. The molecule has 2 fully saturated rings. The number of rotatable bonds is 3. The zero-order valence-electron chi connectivity index (χ0n) is 11.6. The number of nitro benzene ring substituents is 1. The SMILES string of the molecule is O=[N+]([O-])c1ccc(OC2CC(Cl)C23CCCCC3)c(F)c1. The average molecular weight is 314 g/mol. The second kappa shape index (κ2) is 5.44. The van der Waals surface area contributed by atoms with E-state index in [2.05, 4.69) is 0 Å². The number of non-ortho nitro benzene ring substituents is 1. The van der Waals surface area contributed by atoms with Gasteiger partial charge in [-0.25, -0.2) is 4.39 Å². The summed E-state index contributed by atoms with van der Waals surface area (Å²) in [5, 5.41) is 10.7. The van der Waals surface area contributed by atoms with Crippen LogP contribution in [-0.4, -0.2) is 16.4 Å². The lowest BCUT2D eigenvalue weighted by Gasteiger charge is -2.55. The Morgan fingerprint density at radius 3 is 2.62 bits per heavy atom. The van der Waals surface area contributed by atoms with Crippen molar-refractivity contribution >= 4 is 17.3 Å². The Labute approximate surface area is 127 Å². The lowest BCUT2D eigenvalue weighted by molar-refractivity contribution is -0.385. The van der Waals surface area contributed by atoms with Crippen LogP contribution in [0.1, 0.15) is 38.5 Å². The van der Waals surface area contributed by atoms with E-state index in [0.29, 0.717) is 6.42 Å². The van der Waals surface area contributed by atoms with E-state index in [1.807, 2.05) is 0 Å². The summed E-state index contributed by atoms with van der Waals surface area (Å²) < 4.78 is 19.7. The van der Waals surface area contributed by atoms with Gasteiger partial charge in [-0.3, -0.25) is 10.1 Å². The van der Waals surface area contributed by atoms with Gasteiger partial charge in [0.1, 0.15) is 6.10 Å². The Kier molecular flexibility index (Phi) is 3.78. The lowest BCUT2D eigenvalue weighted by Crippen LogP contribution is -2.58. The maximum absolute atomic E-state index is 13.9. The van der Waals surface area contributed by atoms with Crippen LogP contribution >= 0.6 is 11.6 Å². The number of alkyl halides is 1. The molecule has 0 bridgehead atoms. The molecule has 4 nitrogen and oxygen atoms in total. The first kappa shape index (κ1) is 14.6. The molecule has 0 saturated heterocycles. The van der Waals surface area contributed by atoms with E-state index in [1.165, 1.54) is 18.6 Å². The summed E-state index contributed by atoms with van der Waals surface area (Å²) in [6.07, 6.45) is 6.12. The highest BCUT2D eigenvalue weighted by Gasteiger charge is 2.56. The summed E-state index contributed by atoms with van der Waals surface area (Å²) in [7, 11) is 0. The fourth-order valence-corrected chi connectivity index (χ4v) is 4.08. The van der Waals surface area contributed by atoms with Crippen LogP contribution in [0.2, 0.25) is 0 Å². The minimum atomic E-state index is -0.687. The van der Waals surface area contributed by atoms with Crippen molar-refractivity contribution < 1.29 is 14.1 Å². The van der Waals surface area contributed by atoms with Crippen LogP contribution in [-0.2, 0) is 0 Å². The first-order valence-corrected chi connectivity index (χ1v) is 7.71. The molecule has 2 aliphatic carbocycles. The summed E-state index contributed by atoms with van der Waals surface area (Å²) in [4.78, 5) is 10.0. The Hall–Kier alpha value is -1.36. The second-order valence-electron chi connectivity index (χ2n) is 5.98. The van der Waals surface area contributed by atoms with Gasteiger partial charge in [0.25, 0.3) is 5.69 Å². The normalized spacial score (nSPS) is 27.1. The van der Waals surface area contributed by atoms with Gasteiger partial charge in [-0.15, -0.1) is 11.6 Å². The predicted molar refractivity (Wildman–Crippen MR) is 77.2 cm³/mol. The highest BCUT2D eigenvalue weighted by molar-refractivity contribution is 6.21. The average Bonchev–Trinajstić information content (AvgIpc) is 2.49. The number of nitro groups is 1. The Bertz CT molecular complexity index is 560. The molecule has 2 aliphatic rings. The molecule has 2 unspecified atom stereocenters. The van der Waals surface area contributed by atoms with Crippen molar-refractivity contribution in [2.24, 2.45) is 5.41 Å². The molecule has 2 atom stereocenters. The van der Waals surface area contributed by atoms with Crippen LogP contribution in [0.25, 0.3) is 0 Å². The second-order valence-corrected chi connectivity index (χ2v) is 6.50. The molecule has 6 heteroatoms. The third kappa shape index (κ3) is 2.48. The van der Waals surface area contributed by atoms with Crippen LogP contribution in [0.4, 0.5) is 10.1 Å². The molecule has 0 N–H and O–H groups in total. The van der Waals surface area contributed by atoms with E-state index in [-0.39, 0.29) is 28.3 Å². The van der Waals surface area contributed by atoms with Gasteiger partial charge in [-0.1, -0.05) is 19.3 Å². The molecule has 114 valence electrons. The Balaban J connectivity index is 1.76. The van der Waals surface area contributed by atoms with Gasteiger partial charge in [-0.05, 0) is 18.9 Å². The number of halogens is 2. The molecule has 0 amide bonds. The highest BCUT2D eigenvalue weighted by atomic mass is 35.5. The summed E-state index contributed by atoms with van der Waals surface area (Å²) in [5.41, 5.74) is -0.315. The molecule has 0 heterocycles. The van der Waals surface area contributed by atoms with Crippen LogP contribution in [0.3, 0.4) is 0 Å². The van der Waals surface area contributed by atoms with Gasteiger partial charge in [0.05, 0.1) is 11.0 Å². The van der Waals surface area contributed by atoms with Gasteiger partial charge < -0.3 is 4.74 Å². The van der Waals surface area contributed by atoms with Crippen molar-refractivity contribution in [3.8, 4) is 5.75 Å². The number of hydrogen-bond donors (Lipinski definition) is 0. The molecular formula is C15H17ClFNO3. The van der Waals surface area contributed by atoms with Crippen LogP contribution in [0, 0.1) is 21.3 Å². The van der Waals surface area contributed by atoms with Gasteiger partial charge in [0.2, 0.25) is 0 Å². The summed E-state index contributed by atoms with van der Waals surface area (Å²) in [6, 6.07) is 3.51. The van der Waals surface area contributed by atoms with E-state index >= 15 is 0 Å². The summed E-state index contributed by atoms with van der Waals surface area (Å²) >= 11 is 6.39. The van der Waals surface area contributed by atoms with E-state index < -0.39 is 10.7 Å². The van der Waals surface area contributed by atoms with Gasteiger partial charge in [0.15, 0.2) is 11.6 Å². The zero-order valence-corrected chi connectivity index (χ0v) is 12.3. The molecule has 21 heavy (non-hydrogen) atoms. The molecule has 0 aliphatic heterocycles. The number of hydrogen-bond acceptors (Lipinski definition) is 3. The Morgan fingerprint density at radius 1 is 1.33 bits per heavy atom. The molecular weight excluding hydrogens is 297 g/mol. The monoisotopic (exact) mass is 313 g/mol. The van der Waals surface area contributed by atoms with Crippen molar-refractivity contribution in [2.75, 3.05) is 0 Å². The fraction of sp³-hybridized carbons (Fsp3) is 0.600. The van der Waals surface area contributed by atoms with Crippen LogP contribution < -0.4 is 4.74 Å². The molecule has 0 aromatic heterocycles. The summed E-state index contributed by atoms with van der Waals surface area (Å²) in [6.45, 7) is 0. The van der Waals surface area contributed by atoms with Crippen LogP contribution in [0.5, 0.6) is 5.75 Å². The van der Waals surface area contributed by atoms with Crippen molar-refractivity contribution in [1.29, 1.82) is 0 Å². The van der Waals surface area contributed by atoms with E-state index in [4.69, 9.17) is 16.3 Å².